The molecule has 0 saturated carbocycles. The lowest BCUT2D eigenvalue weighted by Crippen LogP contribution is -2.17. The van der Waals surface area contributed by atoms with Crippen LogP contribution in [0.2, 0.25) is 0 Å². The van der Waals surface area contributed by atoms with Crippen molar-refractivity contribution < 1.29 is 9.59 Å². The summed E-state index contributed by atoms with van der Waals surface area (Å²) in [5, 5.41) is 2.02. The van der Waals surface area contributed by atoms with Crippen LogP contribution in [0.5, 0.6) is 0 Å². The fourth-order valence-corrected chi connectivity index (χ4v) is 2.66. The summed E-state index contributed by atoms with van der Waals surface area (Å²) < 4.78 is 0. The van der Waals surface area contributed by atoms with Crippen LogP contribution in [0.3, 0.4) is 0 Å². The van der Waals surface area contributed by atoms with Crippen LogP contribution in [0, 0.1) is 0 Å². The van der Waals surface area contributed by atoms with Crippen LogP contribution in [0.25, 0.3) is 0 Å². The summed E-state index contributed by atoms with van der Waals surface area (Å²) in [5.41, 5.74) is 0. The first kappa shape index (κ1) is 15.3. The van der Waals surface area contributed by atoms with Crippen LogP contribution in [0.1, 0.15) is 64.7 Å². The van der Waals surface area contributed by atoms with Gasteiger partial charge in [0, 0.05) is 0 Å². The average Bonchev–Trinajstić information content (AvgIpc) is 2.66. The molecular weight excluding hydrogens is 246 g/mol. The first-order chi connectivity index (χ1) is 8.74. The highest BCUT2D eigenvalue weighted by Crippen LogP contribution is 2.23. The van der Waals surface area contributed by atoms with E-state index in [4.69, 9.17) is 0 Å². The first-order valence-corrected chi connectivity index (χ1v) is 7.79. The smallest absolute Gasteiger partial charge is 0.282 e. The van der Waals surface area contributed by atoms with E-state index in [9.17, 15) is 9.59 Å². The Hall–Kier alpha value is -0.770. The number of nitrogens with one attached hydrogen (secondary N) is 1. The fraction of sp³-hybridized carbons (Fsp3) is 0.714. The van der Waals surface area contributed by atoms with Crippen molar-refractivity contribution in [2.24, 2.45) is 0 Å². The van der Waals surface area contributed by atoms with Crippen molar-refractivity contribution in [3.63, 3.8) is 0 Å². The summed E-state index contributed by atoms with van der Waals surface area (Å²) in [5.74, 6) is -0.232. The predicted molar refractivity (Wildman–Crippen MR) is 76.4 cm³/mol. The summed E-state index contributed by atoms with van der Waals surface area (Å²) in [6.07, 6.45) is 13.1. The average molecular weight is 269 g/mol. The third-order valence-corrected chi connectivity index (χ3v) is 3.89. The van der Waals surface area contributed by atoms with Gasteiger partial charge in [-0.15, -0.1) is 0 Å². The lowest BCUT2D eigenvalue weighted by atomic mass is 10.1. The van der Waals surface area contributed by atoms with Crippen LogP contribution in [-0.2, 0) is 4.79 Å². The van der Waals surface area contributed by atoms with Crippen LogP contribution < -0.4 is 5.32 Å². The Bertz CT molecular complexity index is 313. The molecule has 0 spiro atoms. The zero-order chi connectivity index (χ0) is 13.2. The topological polar surface area (TPSA) is 46.2 Å². The molecule has 1 fully saturated rings. The van der Waals surface area contributed by atoms with Gasteiger partial charge in [0.05, 0.1) is 4.91 Å². The van der Waals surface area contributed by atoms with Gasteiger partial charge in [-0.3, -0.25) is 14.9 Å². The molecule has 1 aliphatic rings. The van der Waals surface area contributed by atoms with Gasteiger partial charge in [-0.1, -0.05) is 57.9 Å². The van der Waals surface area contributed by atoms with Gasteiger partial charge in [0.2, 0.25) is 0 Å². The zero-order valence-corrected chi connectivity index (χ0v) is 12.0. The van der Waals surface area contributed by atoms with Gasteiger partial charge in [-0.2, -0.15) is 0 Å². The molecule has 0 aliphatic carbocycles. The van der Waals surface area contributed by atoms with E-state index in [0.29, 0.717) is 4.91 Å². The summed E-state index contributed by atoms with van der Waals surface area (Å²) >= 11 is 1.01. The molecule has 0 radical (unpaired) electrons. The monoisotopic (exact) mass is 269 g/mol. The Balaban J connectivity index is 1.97. The summed E-state index contributed by atoms with van der Waals surface area (Å²) in [4.78, 5) is 22.7. The Morgan fingerprint density at radius 2 is 1.61 bits per heavy atom. The quantitative estimate of drug-likeness (QED) is 0.499. The van der Waals surface area contributed by atoms with Gasteiger partial charge in [0.1, 0.15) is 0 Å². The van der Waals surface area contributed by atoms with Crippen LogP contribution >= 0.6 is 11.8 Å². The van der Waals surface area contributed by atoms with Crippen molar-refractivity contribution >= 4 is 22.9 Å². The van der Waals surface area contributed by atoms with Crippen molar-refractivity contribution in [1.82, 2.24) is 5.32 Å². The Morgan fingerprint density at radius 1 is 1.00 bits per heavy atom. The minimum atomic E-state index is -0.248. The third-order valence-electron chi connectivity index (χ3n) is 3.03. The highest BCUT2D eigenvalue weighted by molar-refractivity contribution is 8.18. The van der Waals surface area contributed by atoms with Crippen LogP contribution in [0.15, 0.2) is 11.0 Å². The Morgan fingerprint density at radius 3 is 2.17 bits per heavy atom. The number of allylic oxidation sites excluding steroid dienone is 1. The highest BCUT2D eigenvalue weighted by atomic mass is 32.2. The maximum absolute atomic E-state index is 11.2. The minimum absolute atomic E-state index is 0.232. The molecule has 0 aromatic heterocycles. The second-order valence-electron chi connectivity index (χ2n) is 4.68. The molecule has 4 heteroatoms. The van der Waals surface area contributed by atoms with Crippen LogP contribution in [-0.4, -0.2) is 11.1 Å². The number of unbranched alkanes of at least 4 members (excludes halogenated alkanes) is 8. The van der Waals surface area contributed by atoms with Crippen molar-refractivity contribution in [3.05, 3.63) is 11.0 Å². The molecule has 1 aliphatic heterocycles. The zero-order valence-electron chi connectivity index (χ0n) is 11.2. The molecule has 1 rings (SSSR count). The van der Waals surface area contributed by atoms with Gasteiger partial charge >= 0.3 is 0 Å². The summed E-state index contributed by atoms with van der Waals surface area (Å²) in [7, 11) is 0. The molecule has 1 saturated heterocycles. The number of carbonyl (C=O) groups excluding carboxylic acids is 2. The SMILES string of the molecule is CCCCCCCCCCC=C1SC(=O)NC1=O. The van der Waals surface area contributed by atoms with E-state index in [1.807, 2.05) is 6.08 Å². The second-order valence-corrected chi connectivity index (χ2v) is 5.69. The number of amides is 2. The first-order valence-electron chi connectivity index (χ1n) is 6.97. The Labute approximate surface area is 114 Å². The normalized spacial score (nSPS) is 17.5. The predicted octanol–water partition coefficient (Wildman–Crippen LogP) is 4.38. The Kier molecular flexibility index (Phi) is 7.81. The van der Waals surface area contributed by atoms with E-state index in [1.165, 1.54) is 44.9 Å². The standard InChI is InChI=1S/C14H23NO2S/c1-2-3-4-5-6-7-8-9-10-11-12-13(16)15-14(17)18-12/h11H,2-10H2,1H3,(H,15,16,17). The van der Waals surface area contributed by atoms with Gasteiger partial charge in [-0.25, -0.2) is 0 Å². The van der Waals surface area contributed by atoms with E-state index in [0.717, 1.165) is 24.6 Å². The van der Waals surface area contributed by atoms with Crippen molar-refractivity contribution in [2.75, 3.05) is 0 Å². The molecule has 1 heterocycles. The second kappa shape index (κ2) is 9.20. The third kappa shape index (κ3) is 6.24. The van der Waals surface area contributed by atoms with E-state index in [1.54, 1.807) is 0 Å². The van der Waals surface area contributed by atoms with Gasteiger partial charge in [0.15, 0.2) is 0 Å². The largest absolute Gasteiger partial charge is 0.290 e. The molecule has 18 heavy (non-hydrogen) atoms. The lowest BCUT2D eigenvalue weighted by molar-refractivity contribution is -0.115. The molecule has 0 aromatic rings. The summed E-state index contributed by atoms with van der Waals surface area (Å²) in [6.45, 7) is 2.23. The number of hydrogen-bond acceptors (Lipinski definition) is 3. The van der Waals surface area contributed by atoms with Gasteiger partial charge < -0.3 is 0 Å². The number of thioether (sulfide) groups is 1. The maximum atomic E-state index is 11.2. The number of hydrogen-bond donors (Lipinski definition) is 1. The van der Waals surface area contributed by atoms with E-state index < -0.39 is 0 Å². The van der Waals surface area contributed by atoms with Crippen LogP contribution in [0.4, 0.5) is 4.79 Å². The molecule has 0 atom stereocenters. The molecule has 102 valence electrons. The number of rotatable bonds is 9. The van der Waals surface area contributed by atoms with Crippen molar-refractivity contribution in [3.8, 4) is 0 Å². The lowest BCUT2D eigenvalue weighted by Gasteiger charge is -2.00. The van der Waals surface area contributed by atoms with Crippen molar-refractivity contribution in [2.45, 2.75) is 64.7 Å². The van der Waals surface area contributed by atoms with E-state index in [-0.39, 0.29) is 11.1 Å². The number of carbonyl (C=O) groups is 2. The molecule has 0 aromatic carbocycles. The maximum Gasteiger partial charge on any atom is 0.290 e. The minimum Gasteiger partial charge on any atom is -0.282 e. The fourth-order valence-electron chi connectivity index (χ4n) is 1.97. The molecule has 1 N–H and O–H groups in total. The van der Waals surface area contributed by atoms with Gasteiger partial charge in [-0.05, 0) is 24.6 Å². The highest BCUT2D eigenvalue weighted by Gasteiger charge is 2.24. The molecular formula is C14H23NO2S. The molecule has 2 amide bonds. The van der Waals surface area contributed by atoms with E-state index in [2.05, 4.69) is 12.2 Å². The molecule has 0 unspecified atom stereocenters. The molecule has 0 bridgehead atoms. The summed E-state index contributed by atoms with van der Waals surface area (Å²) in [6, 6.07) is 0. The van der Waals surface area contributed by atoms with Crippen molar-refractivity contribution in [1.29, 1.82) is 0 Å². The van der Waals surface area contributed by atoms with Gasteiger partial charge in [0.25, 0.3) is 11.1 Å². The van der Waals surface area contributed by atoms with E-state index >= 15 is 0 Å². The number of imide groups is 1. The molecule has 3 nitrogen and oxygen atoms in total.